The molecule has 2 aromatic carbocycles. The van der Waals surface area contributed by atoms with Crippen LogP contribution in [0.5, 0.6) is 0 Å². The summed E-state index contributed by atoms with van der Waals surface area (Å²) in [5.74, 6) is -0.346. The van der Waals surface area contributed by atoms with Gasteiger partial charge in [-0.05, 0) is 38.1 Å². The first-order chi connectivity index (χ1) is 12.4. The molecule has 7 heteroatoms. The average Bonchev–Trinajstić information content (AvgIpc) is 2.62. The number of anilines is 1. The third kappa shape index (κ3) is 3.32. The fraction of sp³-hybridized carbons (Fsp3) is 0.158. The highest BCUT2D eigenvalue weighted by atomic mass is 16.6. The molecule has 1 amide bonds. The summed E-state index contributed by atoms with van der Waals surface area (Å²) in [7, 11) is 0. The third-order valence-corrected chi connectivity index (χ3v) is 4.21. The maximum absolute atomic E-state index is 12.6. The number of nitrogens with zero attached hydrogens (tertiary/aromatic N) is 2. The zero-order chi connectivity index (χ0) is 18.8. The number of fused-ring (bicyclic) bond motifs is 1. The quantitative estimate of drug-likeness (QED) is 0.575. The van der Waals surface area contributed by atoms with Crippen molar-refractivity contribution in [2.24, 2.45) is 0 Å². The minimum Gasteiger partial charge on any atom is -0.324 e. The molecule has 1 heterocycles. The van der Waals surface area contributed by atoms with Gasteiger partial charge < -0.3 is 5.32 Å². The van der Waals surface area contributed by atoms with Crippen LogP contribution in [-0.2, 0) is 4.79 Å². The fourth-order valence-electron chi connectivity index (χ4n) is 2.77. The largest absolute Gasteiger partial charge is 0.324 e. The molecule has 0 aliphatic heterocycles. The van der Waals surface area contributed by atoms with Crippen molar-refractivity contribution >= 4 is 28.2 Å². The summed E-state index contributed by atoms with van der Waals surface area (Å²) in [6, 6.07) is 13.6. The van der Waals surface area contributed by atoms with Crippen LogP contribution < -0.4 is 10.9 Å². The Morgan fingerprint density at radius 2 is 1.81 bits per heavy atom. The SMILES string of the molecule is Cc1ccc(NC(=O)C(C)n2c(=O)ccc3cc([N+](=O)[O-])ccc32)cc1. The van der Waals surface area contributed by atoms with Crippen molar-refractivity contribution in [3.8, 4) is 0 Å². The van der Waals surface area contributed by atoms with Crippen LogP contribution in [0, 0.1) is 17.0 Å². The standard InChI is InChI=1S/C19H17N3O4/c1-12-3-6-15(7-4-12)20-19(24)13(2)21-17-9-8-16(22(25)26)11-14(17)5-10-18(21)23/h3-11,13H,1-2H3,(H,20,24). The van der Waals surface area contributed by atoms with Crippen molar-refractivity contribution in [2.75, 3.05) is 5.32 Å². The van der Waals surface area contributed by atoms with E-state index in [9.17, 15) is 19.7 Å². The predicted molar refractivity (Wildman–Crippen MR) is 99.4 cm³/mol. The number of aryl methyl sites for hydroxylation is 1. The smallest absolute Gasteiger partial charge is 0.270 e. The minimum absolute atomic E-state index is 0.0699. The number of nitrogens with one attached hydrogen (secondary N) is 1. The highest BCUT2D eigenvalue weighted by Gasteiger charge is 2.19. The van der Waals surface area contributed by atoms with Crippen LogP contribution in [-0.4, -0.2) is 15.4 Å². The Labute approximate surface area is 149 Å². The third-order valence-electron chi connectivity index (χ3n) is 4.21. The number of carbonyl (C=O) groups is 1. The van der Waals surface area contributed by atoms with Crippen LogP contribution in [0.2, 0.25) is 0 Å². The van der Waals surface area contributed by atoms with Crippen LogP contribution in [0.25, 0.3) is 10.9 Å². The first-order valence-corrected chi connectivity index (χ1v) is 8.04. The van der Waals surface area contributed by atoms with Gasteiger partial charge in [0.2, 0.25) is 5.91 Å². The second-order valence-corrected chi connectivity index (χ2v) is 6.07. The van der Waals surface area contributed by atoms with Crippen LogP contribution in [0.15, 0.2) is 59.4 Å². The van der Waals surface area contributed by atoms with Crippen LogP contribution in [0.4, 0.5) is 11.4 Å². The van der Waals surface area contributed by atoms with Gasteiger partial charge in [-0.25, -0.2) is 0 Å². The number of hydrogen-bond acceptors (Lipinski definition) is 4. The molecule has 3 aromatic rings. The molecule has 0 bridgehead atoms. The summed E-state index contributed by atoms with van der Waals surface area (Å²) < 4.78 is 1.34. The van der Waals surface area contributed by atoms with Gasteiger partial charge >= 0.3 is 0 Å². The van der Waals surface area contributed by atoms with Gasteiger partial charge in [0.25, 0.3) is 11.2 Å². The lowest BCUT2D eigenvalue weighted by molar-refractivity contribution is -0.384. The van der Waals surface area contributed by atoms with Crippen LogP contribution in [0.1, 0.15) is 18.5 Å². The van der Waals surface area contributed by atoms with Gasteiger partial charge in [0, 0.05) is 29.3 Å². The summed E-state index contributed by atoms with van der Waals surface area (Å²) in [4.78, 5) is 35.4. The zero-order valence-electron chi connectivity index (χ0n) is 14.3. The van der Waals surface area contributed by atoms with E-state index >= 15 is 0 Å². The Hall–Kier alpha value is -3.48. The molecule has 132 valence electrons. The lowest BCUT2D eigenvalue weighted by Gasteiger charge is -2.17. The van der Waals surface area contributed by atoms with Crippen LogP contribution >= 0.6 is 0 Å². The average molecular weight is 351 g/mol. The monoisotopic (exact) mass is 351 g/mol. The van der Waals surface area contributed by atoms with Gasteiger partial charge in [-0.2, -0.15) is 0 Å². The lowest BCUT2D eigenvalue weighted by Crippen LogP contribution is -2.31. The van der Waals surface area contributed by atoms with E-state index in [1.54, 1.807) is 19.1 Å². The first kappa shape index (κ1) is 17.3. The van der Waals surface area contributed by atoms with Crippen molar-refractivity contribution < 1.29 is 9.72 Å². The van der Waals surface area contributed by atoms with Gasteiger partial charge in [-0.3, -0.25) is 24.3 Å². The number of nitro benzene ring substituents is 1. The molecule has 1 unspecified atom stereocenters. The summed E-state index contributed by atoms with van der Waals surface area (Å²) in [5, 5.41) is 14.2. The zero-order valence-corrected chi connectivity index (χ0v) is 14.3. The second kappa shape index (κ2) is 6.79. The van der Waals surface area contributed by atoms with Gasteiger partial charge in [0.1, 0.15) is 6.04 Å². The Morgan fingerprint density at radius 3 is 2.46 bits per heavy atom. The van der Waals surface area contributed by atoms with E-state index in [1.165, 1.54) is 34.9 Å². The molecule has 3 rings (SSSR count). The van der Waals surface area contributed by atoms with Gasteiger partial charge in [0.05, 0.1) is 10.4 Å². The molecule has 0 saturated carbocycles. The predicted octanol–water partition coefficient (Wildman–Crippen LogP) is 3.42. The molecular formula is C19H17N3O4. The number of aromatic nitrogens is 1. The van der Waals surface area contributed by atoms with Crippen molar-refractivity contribution in [1.82, 2.24) is 4.57 Å². The topological polar surface area (TPSA) is 94.2 Å². The number of non-ortho nitro benzene ring substituents is 1. The van der Waals surface area contributed by atoms with Gasteiger partial charge in [-0.15, -0.1) is 0 Å². The number of rotatable bonds is 4. The Balaban J connectivity index is 1.98. The molecule has 1 atom stereocenters. The van der Waals surface area contributed by atoms with Crippen molar-refractivity contribution in [2.45, 2.75) is 19.9 Å². The molecule has 7 nitrogen and oxygen atoms in total. The molecule has 0 radical (unpaired) electrons. The first-order valence-electron chi connectivity index (χ1n) is 8.04. The van der Waals surface area contributed by atoms with E-state index in [2.05, 4.69) is 5.32 Å². The molecule has 0 aliphatic rings. The summed E-state index contributed by atoms with van der Waals surface area (Å²) in [6.07, 6.45) is 0. The van der Waals surface area contributed by atoms with E-state index in [1.807, 2.05) is 19.1 Å². The highest BCUT2D eigenvalue weighted by molar-refractivity contribution is 5.94. The van der Waals surface area contributed by atoms with Gasteiger partial charge in [0.15, 0.2) is 0 Å². The number of nitro groups is 1. The van der Waals surface area contributed by atoms with E-state index in [4.69, 9.17) is 0 Å². The van der Waals surface area contributed by atoms with Crippen molar-refractivity contribution in [3.63, 3.8) is 0 Å². The number of carbonyl (C=O) groups excluding carboxylic acids is 1. The van der Waals surface area contributed by atoms with Crippen molar-refractivity contribution in [3.05, 3.63) is 80.6 Å². The minimum atomic E-state index is -0.783. The van der Waals surface area contributed by atoms with Crippen LogP contribution in [0.3, 0.4) is 0 Å². The molecule has 1 aromatic heterocycles. The van der Waals surface area contributed by atoms with Gasteiger partial charge in [-0.1, -0.05) is 17.7 Å². The van der Waals surface area contributed by atoms with E-state index in [-0.39, 0.29) is 17.2 Å². The van der Waals surface area contributed by atoms with Crippen molar-refractivity contribution in [1.29, 1.82) is 0 Å². The second-order valence-electron chi connectivity index (χ2n) is 6.07. The maximum Gasteiger partial charge on any atom is 0.270 e. The Bertz CT molecular complexity index is 1050. The molecule has 1 N–H and O–H groups in total. The molecule has 26 heavy (non-hydrogen) atoms. The van der Waals surface area contributed by atoms with E-state index < -0.39 is 11.0 Å². The molecule has 0 fully saturated rings. The summed E-state index contributed by atoms with van der Waals surface area (Å²) in [6.45, 7) is 3.56. The Kier molecular flexibility index (Phi) is 4.53. The number of benzene rings is 2. The normalized spacial score (nSPS) is 11.9. The number of hydrogen-bond donors (Lipinski definition) is 1. The number of pyridine rings is 1. The number of amides is 1. The lowest BCUT2D eigenvalue weighted by atomic mass is 10.1. The van der Waals surface area contributed by atoms with E-state index in [0.717, 1.165) is 5.56 Å². The summed E-state index contributed by atoms with van der Waals surface area (Å²) >= 11 is 0. The molecule has 0 spiro atoms. The fourth-order valence-corrected chi connectivity index (χ4v) is 2.77. The maximum atomic E-state index is 12.6. The molecule has 0 aliphatic carbocycles. The molecule has 0 saturated heterocycles. The molecular weight excluding hydrogens is 334 g/mol. The van der Waals surface area contributed by atoms with E-state index in [0.29, 0.717) is 16.6 Å². The summed E-state index contributed by atoms with van der Waals surface area (Å²) in [5.41, 5.74) is 1.76. The highest BCUT2D eigenvalue weighted by Crippen LogP contribution is 2.22. The Morgan fingerprint density at radius 1 is 1.12 bits per heavy atom.